The highest BCUT2D eigenvalue weighted by atomic mass is 16.1. The van der Waals surface area contributed by atoms with Crippen molar-refractivity contribution in [2.45, 2.75) is 19.8 Å². The molecule has 2 aromatic heterocycles. The lowest BCUT2D eigenvalue weighted by Gasteiger charge is -2.14. The number of pyridine rings is 2. The third kappa shape index (κ3) is 4.09. The topological polar surface area (TPSA) is 66.9 Å². The lowest BCUT2D eigenvalue weighted by Crippen LogP contribution is -2.15. The predicted octanol–water partition coefficient (Wildman–Crippen LogP) is 5.75. The number of fused-ring (bicyclic) bond motifs is 1. The van der Waals surface area contributed by atoms with E-state index in [-0.39, 0.29) is 5.91 Å². The first kappa shape index (κ1) is 18.6. The maximum Gasteiger partial charge on any atom is 0.274 e. The van der Waals surface area contributed by atoms with Crippen LogP contribution < -0.4 is 10.6 Å². The Labute approximate surface area is 169 Å². The lowest BCUT2D eigenvalue weighted by molar-refractivity contribution is 0.102. The van der Waals surface area contributed by atoms with E-state index in [0.29, 0.717) is 11.6 Å². The molecule has 0 saturated carbocycles. The quantitative estimate of drug-likeness (QED) is 0.461. The number of hydrogen-bond acceptors (Lipinski definition) is 4. The fourth-order valence-corrected chi connectivity index (χ4v) is 3.29. The smallest absolute Gasteiger partial charge is 0.274 e. The number of para-hydroxylation sites is 2. The van der Waals surface area contributed by atoms with Gasteiger partial charge in [-0.3, -0.25) is 14.8 Å². The summed E-state index contributed by atoms with van der Waals surface area (Å²) in [5.41, 5.74) is 4.79. The van der Waals surface area contributed by atoms with Crippen LogP contribution in [0, 0.1) is 0 Å². The minimum absolute atomic E-state index is 0.238. The number of hydrogen-bond donors (Lipinski definition) is 2. The van der Waals surface area contributed by atoms with E-state index in [1.807, 2.05) is 60.7 Å². The number of benzene rings is 2. The standard InChI is InChI=1S/C24H22N4O/c1-16(2)19-9-3-4-10-20(19)28-24(29)22-15-18(12-14-25-22)27-21-11-5-7-17-8-6-13-26-23(17)21/h3-16H,1-2H3,(H,25,27)(H,28,29). The van der Waals surface area contributed by atoms with Crippen molar-refractivity contribution in [3.05, 3.63) is 90.4 Å². The van der Waals surface area contributed by atoms with Crippen molar-refractivity contribution in [3.8, 4) is 0 Å². The predicted molar refractivity (Wildman–Crippen MR) is 118 cm³/mol. The van der Waals surface area contributed by atoms with Crippen LogP contribution in [0.4, 0.5) is 17.1 Å². The van der Waals surface area contributed by atoms with Crippen molar-refractivity contribution in [2.24, 2.45) is 0 Å². The number of carbonyl (C=O) groups excluding carboxylic acids is 1. The Morgan fingerprint density at radius 3 is 2.52 bits per heavy atom. The largest absolute Gasteiger partial charge is 0.354 e. The Kier molecular flexibility index (Phi) is 5.20. The molecule has 29 heavy (non-hydrogen) atoms. The number of rotatable bonds is 5. The van der Waals surface area contributed by atoms with Gasteiger partial charge < -0.3 is 10.6 Å². The van der Waals surface area contributed by atoms with E-state index in [4.69, 9.17) is 0 Å². The maximum atomic E-state index is 12.8. The van der Waals surface area contributed by atoms with Crippen molar-refractivity contribution in [2.75, 3.05) is 10.6 Å². The molecule has 0 radical (unpaired) electrons. The molecule has 5 heteroatoms. The average Bonchev–Trinajstić information content (AvgIpc) is 2.74. The molecule has 5 nitrogen and oxygen atoms in total. The van der Waals surface area contributed by atoms with Crippen LogP contribution >= 0.6 is 0 Å². The summed E-state index contributed by atoms with van der Waals surface area (Å²) in [7, 11) is 0. The van der Waals surface area contributed by atoms with Crippen LogP contribution in [-0.4, -0.2) is 15.9 Å². The summed E-state index contributed by atoms with van der Waals surface area (Å²) >= 11 is 0. The van der Waals surface area contributed by atoms with Gasteiger partial charge in [-0.05, 0) is 41.8 Å². The third-order valence-electron chi connectivity index (χ3n) is 4.74. The molecule has 0 atom stereocenters. The molecule has 2 N–H and O–H groups in total. The van der Waals surface area contributed by atoms with Crippen LogP contribution in [-0.2, 0) is 0 Å². The summed E-state index contributed by atoms with van der Waals surface area (Å²) in [6.45, 7) is 4.21. The van der Waals surface area contributed by atoms with Gasteiger partial charge in [0.2, 0.25) is 0 Å². The normalized spacial score (nSPS) is 10.9. The van der Waals surface area contributed by atoms with Crippen LogP contribution in [0.25, 0.3) is 10.9 Å². The van der Waals surface area contributed by atoms with Crippen molar-refractivity contribution in [3.63, 3.8) is 0 Å². The first-order valence-electron chi connectivity index (χ1n) is 9.59. The summed E-state index contributed by atoms with van der Waals surface area (Å²) in [4.78, 5) is 21.5. The van der Waals surface area contributed by atoms with Crippen LogP contribution in [0.1, 0.15) is 35.8 Å². The minimum atomic E-state index is -0.238. The average molecular weight is 382 g/mol. The highest BCUT2D eigenvalue weighted by Gasteiger charge is 2.13. The van der Waals surface area contributed by atoms with Crippen molar-refractivity contribution < 1.29 is 4.79 Å². The molecule has 0 spiro atoms. The second kappa shape index (κ2) is 8.10. The summed E-state index contributed by atoms with van der Waals surface area (Å²) < 4.78 is 0. The molecule has 0 saturated heterocycles. The third-order valence-corrected chi connectivity index (χ3v) is 4.74. The van der Waals surface area contributed by atoms with Gasteiger partial charge in [0.1, 0.15) is 5.69 Å². The fourth-order valence-electron chi connectivity index (χ4n) is 3.29. The second-order valence-corrected chi connectivity index (χ2v) is 7.13. The molecule has 0 fully saturated rings. The van der Waals surface area contributed by atoms with E-state index in [0.717, 1.165) is 33.5 Å². The molecule has 2 aromatic carbocycles. The van der Waals surface area contributed by atoms with Crippen molar-refractivity contribution >= 4 is 33.9 Å². The molecule has 4 rings (SSSR count). The number of anilines is 3. The molecule has 1 amide bonds. The summed E-state index contributed by atoms with van der Waals surface area (Å²) in [5, 5.41) is 7.39. The zero-order valence-corrected chi connectivity index (χ0v) is 16.4. The van der Waals surface area contributed by atoms with E-state index in [1.165, 1.54) is 0 Å². The molecule has 0 aliphatic heterocycles. The van der Waals surface area contributed by atoms with Gasteiger partial charge in [0.05, 0.1) is 11.2 Å². The van der Waals surface area contributed by atoms with Gasteiger partial charge in [-0.15, -0.1) is 0 Å². The number of aromatic nitrogens is 2. The van der Waals surface area contributed by atoms with Crippen LogP contribution in [0.3, 0.4) is 0 Å². The van der Waals surface area contributed by atoms with Crippen molar-refractivity contribution in [1.29, 1.82) is 0 Å². The Hall–Kier alpha value is -3.73. The van der Waals surface area contributed by atoms with Gasteiger partial charge >= 0.3 is 0 Å². The minimum Gasteiger partial charge on any atom is -0.354 e. The van der Waals surface area contributed by atoms with Crippen LogP contribution in [0.15, 0.2) is 79.1 Å². The molecular weight excluding hydrogens is 360 g/mol. The Balaban J connectivity index is 1.58. The monoisotopic (exact) mass is 382 g/mol. The van der Waals surface area contributed by atoms with Crippen LogP contribution in [0.2, 0.25) is 0 Å². The number of nitrogens with one attached hydrogen (secondary N) is 2. The lowest BCUT2D eigenvalue weighted by atomic mass is 10.0. The molecule has 0 bridgehead atoms. The number of nitrogens with zero attached hydrogens (tertiary/aromatic N) is 2. The number of carbonyl (C=O) groups is 1. The van der Waals surface area contributed by atoms with Crippen LogP contribution in [0.5, 0.6) is 0 Å². The second-order valence-electron chi connectivity index (χ2n) is 7.13. The van der Waals surface area contributed by atoms with E-state index in [2.05, 4.69) is 34.4 Å². The van der Waals surface area contributed by atoms with E-state index in [1.54, 1.807) is 18.5 Å². The Morgan fingerprint density at radius 1 is 0.862 bits per heavy atom. The fraction of sp³-hybridized carbons (Fsp3) is 0.125. The zero-order valence-electron chi connectivity index (χ0n) is 16.4. The molecule has 0 aliphatic carbocycles. The van der Waals surface area contributed by atoms with E-state index >= 15 is 0 Å². The summed E-state index contributed by atoms with van der Waals surface area (Å²) in [5.74, 6) is 0.0733. The molecule has 0 unspecified atom stereocenters. The first-order valence-corrected chi connectivity index (χ1v) is 9.59. The van der Waals surface area contributed by atoms with Gasteiger partial charge in [0, 0.05) is 29.2 Å². The Morgan fingerprint density at radius 2 is 1.66 bits per heavy atom. The number of amides is 1. The van der Waals surface area contributed by atoms with Gasteiger partial charge in [-0.2, -0.15) is 0 Å². The SMILES string of the molecule is CC(C)c1ccccc1NC(=O)c1cc(Nc2cccc3cccnc23)ccn1. The van der Waals surface area contributed by atoms with Gasteiger partial charge in [0.15, 0.2) is 0 Å². The Bertz CT molecular complexity index is 1160. The van der Waals surface area contributed by atoms with Gasteiger partial charge in [0.25, 0.3) is 5.91 Å². The molecule has 4 aromatic rings. The molecular formula is C24H22N4O. The van der Waals surface area contributed by atoms with E-state index < -0.39 is 0 Å². The molecule has 2 heterocycles. The summed E-state index contributed by atoms with van der Waals surface area (Å²) in [6, 6.07) is 21.3. The van der Waals surface area contributed by atoms with Crippen molar-refractivity contribution in [1.82, 2.24) is 9.97 Å². The highest BCUT2D eigenvalue weighted by molar-refractivity contribution is 6.04. The first-order chi connectivity index (χ1) is 14.1. The van der Waals surface area contributed by atoms with Gasteiger partial charge in [-0.1, -0.05) is 50.2 Å². The zero-order chi connectivity index (χ0) is 20.2. The molecule has 0 aliphatic rings. The van der Waals surface area contributed by atoms with E-state index in [9.17, 15) is 4.79 Å². The molecule has 144 valence electrons. The highest BCUT2D eigenvalue weighted by Crippen LogP contribution is 2.26. The summed E-state index contributed by atoms with van der Waals surface area (Å²) in [6.07, 6.45) is 3.40. The van der Waals surface area contributed by atoms with Gasteiger partial charge in [-0.25, -0.2) is 0 Å². The maximum absolute atomic E-state index is 12.8.